The first kappa shape index (κ1) is 10.8. The summed E-state index contributed by atoms with van der Waals surface area (Å²) in [5.74, 6) is 0.868. The molecule has 0 spiro atoms. The Kier molecular flexibility index (Phi) is 4.77. The fraction of sp³-hybridized carbons (Fsp3) is 0.750. The number of hydrogen-bond acceptors (Lipinski definition) is 5. The molecule has 1 rings (SSSR count). The number of rotatable bonds is 7. The molecule has 14 heavy (non-hydrogen) atoms. The predicted molar refractivity (Wildman–Crippen MR) is 55.0 cm³/mol. The van der Waals surface area contributed by atoms with Crippen molar-refractivity contribution in [2.75, 3.05) is 30.8 Å². The lowest BCUT2D eigenvalue weighted by Gasteiger charge is -2.02. The zero-order valence-electron chi connectivity index (χ0n) is 8.42. The van der Waals surface area contributed by atoms with Gasteiger partial charge in [0.05, 0.1) is 0 Å². The van der Waals surface area contributed by atoms with Crippen LogP contribution in [0, 0.1) is 0 Å². The van der Waals surface area contributed by atoms with Gasteiger partial charge in [-0.2, -0.15) is 4.98 Å². The maximum absolute atomic E-state index is 5.35. The lowest BCUT2D eigenvalue weighted by Crippen LogP contribution is -2.07. The van der Waals surface area contributed by atoms with Gasteiger partial charge in [0.2, 0.25) is 11.9 Å². The topological polar surface area (TPSA) is 88.8 Å². The van der Waals surface area contributed by atoms with Gasteiger partial charge in [0, 0.05) is 19.8 Å². The number of H-pyrrole nitrogens is 1. The maximum atomic E-state index is 5.35. The average Bonchev–Trinajstić information content (AvgIpc) is 2.58. The maximum Gasteiger partial charge on any atom is 0.243 e. The van der Waals surface area contributed by atoms with E-state index >= 15 is 0 Å². The smallest absolute Gasteiger partial charge is 0.243 e. The van der Waals surface area contributed by atoms with Crippen molar-refractivity contribution >= 4 is 11.9 Å². The summed E-state index contributed by atoms with van der Waals surface area (Å²) < 4.78 is 5.31. The summed E-state index contributed by atoms with van der Waals surface area (Å²) in [7, 11) is 0. The second kappa shape index (κ2) is 6.20. The number of aromatic nitrogens is 3. The van der Waals surface area contributed by atoms with E-state index in [0.717, 1.165) is 32.6 Å². The van der Waals surface area contributed by atoms with E-state index in [1.54, 1.807) is 0 Å². The number of aromatic amines is 1. The molecule has 80 valence electrons. The number of ether oxygens (including phenoxy) is 1. The summed E-state index contributed by atoms with van der Waals surface area (Å²) in [6, 6.07) is 0. The second-order valence-electron chi connectivity index (χ2n) is 2.94. The van der Waals surface area contributed by atoms with Gasteiger partial charge in [0.15, 0.2) is 0 Å². The summed E-state index contributed by atoms with van der Waals surface area (Å²) >= 11 is 0. The molecule has 6 heteroatoms. The monoisotopic (exact) mass is 199 g/mol. The predicted octanol–water partition coefficient (Wildman–Crippen LogP) is 0.615. The minimum Gasteiger partial charge on any atom is -0.381 e. The minimum atomic E-state index is 0.328. The van der Waals surface area contributed by atoms with E-state index in [-0.39, 0.29) is 0 Å². The molecule has 1 aromatic heterocycles. The van der Waals surface area contributed by atoms with Crippen LogP contribution in [0.4, 0.5) is 11.9 Å². The van der Waals surface area contributed by atoms with Gasteiger partial charge in [-0.05, 0) is 12.8 Å². The number of nitrogens with zero attached hydrogens (tertiary/aromatic N) is 2. The van der Waals surface area contributed by atoms with Gasteiger partial charge in [-0.3, -0.25) is 0 Å². The average molecular weight is 199 g/mol. The largest absolute Gasteiger partial charge is 0.381 e. The Morgan fingerprint density at radius 1 is 1.50 bits per heavy atom. The van der Waals surface area contributed by atoms with E-state index in [2.05, 4.69) is 27.4 Å². The van der Waals surface area contributed by atoms with Gasteiger partial charge in [0.1, 0.15) is 0 Å². The first-order valence-electron chi connectivity index (χ1n) is 4.82. The molecule has 0 saturated carbocycles. The molecule has 1 aromatic rings. The standard InChI is InChI=1S/C8H17N5O/c1-2-5-14-6-3-4-10-8-11-7(9)12-13-8/h2-6H2,1H3,(H4,9,10,11,12,13). The Morgan fingerprint density at radius 2 is 2.36 bits per heavy atom. The van der Waals surface area contributed by atoms with E-state index in [0.29, 0.717) is 11.9 Å². The summed E-state index contributed by atoms with van der Waals surface area (Å²) in [5, 5.41) is 9.42. The third-order valence-corrected chi connectivity index (χ3v) is 1.60. The Bertz CT molecular complexity index is 250. The Morgan fingerprint density at radius 3 is 3.00 bits per heavy atom. The van der Waals surface area contributed by atoms with Crippen molar-refractivity contribution in [2.45, 2.75) is 19.8 Å². The second-order valence-corrected chi connectivity index (χ2v) is 2.94. The molecular formula is C8H17N5O. The normalized spacial score (nSPS) is 10.4. The van der Waals surface area contributed by atoms with Crippen LogP contribution in [0.5, 0.6) is 0 Å². The van der Waals surface area contributed by atoms with Crippen molar-refractivity contribution in [1.82, 2.24) is 15.2 Å². The van der Waals surface area contributed by atoms with Gasteiger partial charge in [0.25, 0.3) is 0 Å². The molecule has 6 nitrogen and oxygen atoms in total. The van der Waals surface area contributed by atoms with E-state index in [4.69, 9.17) is 10.5 Å². The van der Waals surface area contributed by atoms with E-state index in [1.807, 2.05) is 0 Å². The zero-order valence-corrected chi connectivity index (χ0v) is 8.42. The Labute approximate surface area is 83.2 Å². The highest BCUT2D eigenvalue weighted by atomic mass is 16.5. The van der Waals surface area contributed by atoms with Crippen molar-refractivity contribution < 1.29 is 4.74 Å². The fourth-order valence-electron chi connectivity index (χ4n) is 0.974. The van der Waals surface area contributed by atoms with Crippen LogP contribution < -0.4 is 11.1 Å². The molecule has 1 heterocycles. The Balaban J connectivity index is 1.99. The highest BCUT2D eigenvalue weighted by Crippen LogP contribution is 1.98. The third-order valence-electron chi connectivity index (χ3n) is 1.60. The quantitative estimate of drug-likeness (QED) is 0.560. The molecule has 0 saturated heterocycles. The van der Waals surface area contributed by atoms with Crippen LogP contribution in [0.3, 0.4) is 0 Å². The number of nitrogen functional groups attached to an aromatic ring is 1. The van der Waals surface area contributed by atoms with Gasteiger partial charge in [-0.1, -0.05) is 6.92 Å². The summed E-state index contributed by atoms with van der Waals surface area (Å²) in [6.45, 7) is 4.48. The molecular weight excluding hydrogens is 182 g/mol. The molecule has 0 aromatic carbocycles. The Hall–Kier alpha value is -1.30. The van der Waals surface area contributed by atoms with Crippen LogP contribution in [0.2, 0.25) is 0 Å². The third kappa shape index (κ3) is 4.08. The zero-order chi connectivity index (χ0) is 10.2. The molecule has 0 amide bonds. The number of hydrogen-bond donors (Lipinski definition) is 3. The molecule has 0 atom stereocenters. The molecule has 4 N–H and O–H groups in total. The summed E-state index contributed by atoms with van der Waals surface area (Å²) in [4.78, 5) is 3.90. The van der Waals surface area contributed by atoms with Crippen LogP contribution in [0.25, 0.3) is 0 Å². The first-order chi connectivity index (χ1) is 6.83. The van der Waals surface area contributed by atoms with Crippen LogP contribution >= 0.6 is 0 Å². The molecule has 0 radical (unpaired) electrons. The fourth-order valence-corrected chi connectivity index (χ4v) is 0.974. The van der Waals surface area contributed by atoms with Gasteiger partial charge in [-0.15, -0.1) is 5.10 Å². The SMILES string of the molecule is CCCOCCCNc1n[nH]c(N)n1. The molecule has 0 aliphatic heterocycles. The van der Waals surface area contributed by atoms with Crippen molar-refractivity contribution in [3.63, 3.8) is 0 Å². The first-order valence-corrected chi connectivity index (χ1v) is 4.82. The molecule has 0 aliphatic carbocycles. The van der Waals surface area contributed by atoms with Crippen molar-refractivity contribution in [1.29, 1.82) is 0 Å². The number of nitrogens with two attached hydrogens (primary N) is 1. The molecule has 0 unspecified atom stereocenters. The molecule has 0 aliphatic rings. The lowest BCUT2D eigenvalue weighted by molar-refractivity contribution is 0.134. The van der Waals surface area contributed by atoms with E-state index in [9.17, 15) is 0 Å². The highest BCUT2D eigenvalue weighted by Gasteiger charge is 1.97. The van der Waals surface area contributed by atoms with Crippen molar-refractivity contribution in [3.8, 4) is 0 Å². The van der Waals surface area contributed by atoms with Crippen LogP contribution in [-0.4, -0.2) is 34.9 Å². The minimum absolute atomic E-state index is 0.328. The highest BCUT2D eigenvalue weighted by molar-refractivity contribution is 5.29. The molecule has 0 fully saturated rings. The van der Waals surface area contributed by atoms with Crippen molar-refractivity contribution in [3.05, 3.63) is 0 Å². The van der Waals surface area contributed by atoms with Gasteiger partial charge < -0.3 is 15.8 Å². The lowest BCUT2D eigenvalue weighted by atomic mass is 10.4. The van der Waals surface area contributed by atoms with Crippen molar-refractivity contribution in [2.24, 2.45) is 0 Å². The van der Waals surface area contributed by atoms with Crippen LogP contribution in [0.15, 0.2) is 0 Å². The van der Waals surface area contributed by atoms with Gasteiger partial charge in [-0.25, -0.2) is 5.10 Å². The van der Waals surface area contributed by atoms with Gasteiger partial charge >= 0.3 is 0 Å². The van der Waals surface area contributed by atoms with Crippen LogP contribution in [-0.2, 0) is 4.74 Å². The van der Waals surface area contributed by atoms with E-state index in [1.165, 1.54) is 0 Å². The molecule has 0 bridgehead atoms. The number of nitrogens with one attached hydrogen (secondary N) is 2. The number of anilines is 2. The summed E-state index contributed by atoms with van der Waals surface area (Å²) in [6.07, 6.45) is 2.00. The van der Waals surface area contributed by atoms with E-state index < -0.39 is 0 Å². The summed E-state index contributed by atoms with van der Waals surface area (Å²) in [5.41, 5.74) is 5.35. The van der Waals surface area contributed by atoms with Crippen LogP contribution in [0.1, 0.15) is 19.8 Å².